The molecule has 54 heavy (non-hydrogen) atoms. The van der Waals surface area contributed by atoms with E-state index in [1.807, 2.05) is 24.3 Å². The van der Waals surface area contributed by atoms with Crippen molar-refractivity contribution in [1.29, 1.82) is 0 Å². The molecule has 8 nitrogen and oxygen atoms in total. The highest BCUT2D eigenvalue weighted by Crippen LogP contribution is 2.37. The molecule has 0 spiro atoms. The van der Waals surface area contributed by atoms with Crippen molar-refractivity contribution in [2.24, 2.45) is 11.8 Å². The second-order valence-electron chi connectivity index (χ2n) is 13.8. The van der Waals surface area contributed by atoms with Crippen molar-refractivity contribution >= 4 is 90.0 Å². The van der Waals surface area contributed by atoms with E-state index in [0.717, 1.165) is 73.1 Å². The van der Waals surface area contributed by atoms with Crippen molar-refractivity contribution in [2.45, 2.75) is 71.5 Å². The fourth-order valence-electron chi connectivity index (χ4n) is 5.65. The molecule has 0 bridgehead atoms. The quantitative estimate of drug-likeness (QED) is 0.0780. The highest BCUT2D eigenvalue weighted by molar-refractivity contribution is 9.11. The number of ether oxygens (including phenoxy) is 2. The summed E-state index contributed by atoms with van der Waals surface area (Å²) in [6.07, 6.45) is 6.20. The van der Waals surface area contributed by atoms with E-state index >= 15 is 0 Å². The topological polar surface area (TPSA) is 117 Å². The molecule has 6 rings (SSSR count). The average Bonchev–Trinajstić information content (AvgIpc) is 4.03. The van der Waals surface area contributed by atoms with Crippen LogP contribution in [-0.2, 0) is 35.6 Å². The number of benzene rings is 4. The maximum atomic E-state index is 10.7. The van der Waals surface area contributed by atoms with Crippen LogP contribution >= 0.6 is 66.7 Å². The van der Waals surface area contributed by atoms with E-state index in [1.54, 1.807) is 12.1 Å². The third kappa shape index (κ3) is 14.2. The van der Waals surface area contributed by atoms with Crippen LogP contribution in [0.5, 0.6) is 11.5 Å². The molecule has 0 aliphatic heterocycles. The summed E-state index contributed by atoms with van der Waals surface area (Å²) in [6.45, 7) is 4.79. The SMILES string of the molecule is Cc1cc(COc2c(Cl)cc(CCC(=O)O)cc2Cl)cc(NCC2CC2)c1.O=C(O)CCc1cc(Br)c(OCc2cc(Cl)cc(NCC3CC3)c2)c(Br)c1. The number of halogens is 5. The van der Waals surface area contributed by atoms with Crippen molar-refractivity contribution in [3.63, 3.8) is 0 Å². The minimum absolute atomic E-state index is 0.0345. The van der Waals surface area contributed by atoms with E-state index in [0.29, 0.717) is 52.6 Å². The number of hydrogen-bond donors (Lipinski definition) is 4. The van der Waals surface area contributed by atoms with E-state index < -0.39 is 11.9 Å². The summed E-state index contributed by atoms with van der Waals surface area (Å²) < 4.78 is 13.4. The number of carbonyl (C=O) groups is 2. The second kappa shape index (κ2) is 20.1. The van der Waals surface area contributed by atoms with E-state index in [4.69, 9.17) is 54.5 Å². The molecule has 0 saturated heterocycles. The lowest BCUT2D eigenvalue weighted by Gasteiger charge is -2.14. The van der Waals surface area contributed by atoms with Crippen LogP contribution in [0.25, 0.3) is 0 Å². The molecule has 4 aromatic carbocycles. The third-order valence-corrected chi connectivity index (χ3v) is 10.8. The summed E-state index contributed by atoms with van der Waals surface area (Å²) in [4.78, 5) is 21.5. The highest BCUT2D eigenvalue weighted by atomic mass is 79.9. The molecular weight excluding hydrogens is 883 g/mol. The predicted molar refractivity (Wildman–Crippen MR) is 224 cm³/mol. The Morgan fingerprint density at radius 2 is 1.11 bits per heavy atom. The first-order valence-electron chi connectivity index (χ1n) is 17.8. The Bertz CT molecular complexity index is 1770. The number of aryl methyl sites for hydroxylation is 3. The molecule has 2 saturated carbocycles. The number of rotatable bonds is 18. The summed E-state index contributed by atoms with van der Waals surface area (Å²) >= 11 is 25.9. The van der Waals surface area contributed by atoms with Gasteiger partial charge in [-0.15, -0.1) is 0 Å². The van der Waals surface area contributed by atoms with Gasteiger partial charge in [-0.05, 0) is 172 Å². The van der Waals surface area contributed by atoms with Crippen LogP contribution in [0.4, 0.5) is 11.4 Å². The monoisotopic (exact) mass is 922 g/mol. The Morgan fingerprint density at radius 3 is 1.61 bits per heavy atom. The first kappa shape index (κ1) is 42.0. The van der Waals surface area contributed by atoms with Gasteiger partial charge in [0.1, 0.15) is 19.0 Å². The van der Waals surface area contributed by atoms with Crippen molar-refractivity contribution in [2.75, 3.05) is 23.7 Å². The van der Waals surface area contributed by atoms with Crippen LogP contribution in [0.2, 0.25) is 15.1 Å². The molecule has 0 atom stereocenters. The van der Waals surface area contributed by atoms with Gasteiger partial charge in [-0.3, -0.25) is 9.59 Å². The highest BCUT2D eigenvalue weighted by Gasteiger charge is 2.21. The summed E-state index contributed by atoms with van der Waals surface area (Å²) in [5, 5.41) is 26.0. The average molecular weight is 926 g/mol. The van der Waals surface area contributed by atoms with Crippen LogP contribution in [-0.4, -0.2) is 35.2 Å². The Morgan fingerprint density at radius 1 is 0.648 bits per heavy atom. The van der Waals surface area contributed by atoms with Crippen molar-refractivity contribution in [3.8, 4) is 11.5 Å². The van der Waals surface area contributed by atoms with E-state index in [1.165, 1.54) is 25.7 Å². The fourth-order valence-corrected chi connectivity index (χ4v) is 8.06. The second-order valence-corrected chi connectivity index (χ2v) is 16.8. The lowest BCUT2D eigenvalue weighted by Crippen LogP contribution is -2.05. The standard InChI is InChI=1S/C21H23Cl2NO3.C20H20Br2ClNO3/c1-13-6-16(8-17(7-13)24-11-14-2-3-14)12-27-21-18(22)9-15(10-19(21)23)4-5-20(25)26;21-17-7-13(3-4-19(25)26)8-18(22)20(17)27-11-14-5-15(23)9-16(6-14)24-10-12-1-2-12/h6-10,14,24H,2-5,11-12H2,1H3,(H,25,26);5-9,12,24H,1-4,10-11H2,(H,25,26). The molecule has 4 aromatic rings. The molecule has 0 aromatic heterocycles. The zero-order valence-corrected chi connectivity index (χ0v) is 35.3. The molecule has 2 aliphatic carbocycles. The Labute approximate surface area is 348 Å². The van der Waals surface area contributed by atoms with Gasteiger partial charge in [0.05, 0.1) is 19.0 Å². The minimum atomic E-state index is -0.854. The van der Waals surface area contributed by atoms with Crippen LogP contribution < -0.4 is 20.1 Å². The minimum Gasteiger partial charge on any atom is -0.487 e. The van der Waals surface area contributed by atoms with Crippen molar-refractivity contribution in [1.82, 2.24) is 0 Å². The fraction of sp³-hybridized carbons (Fsp3) is 0.366. The number of hydrogen-bond acceptors (Lipinski definition) is 6. The van der Waals surface area contributed by atoms with Crippen LogP contribution in [0.3, 0.4) is 0 Å². The van der Waals surface area contributed by atoms with Gasteiger partial charge in [-0.2, -0.15) is 0 Å². The van der Waals surface area contributed by atoms with Gasteiger partial charge in [0.15, 0.2) is 5.75 Å². The Hall–Kier alpha value is -3.15. The lowest BCUT2D eigenvalue weighted by molar-refractivity contribution is -0.138. The van der Waals surface area contributed by atoms with Gasteiger partial charge in [0.25, 0.3) is 0 Å². The normalized spacial score (nSPS) is 13.4. The van der Waals surface area contributed by atoms with E-state index in [9.17, 15) is 9.59 Å². The molecule has 4 N–H and O–H groups in total. The maximum absolute atomic E-state index is 10.7. The van der Waals surface area contributed by atoms with Gasteiger partial charge in [-0.25, -0.2) is 0 Å². The van der Waals surface area contributed by atoms with Crippen LogP contribution in [0.15, 0.2) is 69.6 Å². The largest absolute Gasteiger partial charge is 0.487 e. The zero-order chi connectivity index (χ0) is 38.8. The molecule has 2 aliphatic rings. The predicted octanol–water partition coefficient (Wildman–Crippen LogP) is 12.0. The van der Waals surface area contributed by atoms with Gasteiger partial charge in [0.2, 0.25) is 0 Å². The molecule has 2 fully saturated rings. The summed E-state index contributed by atoms with van der Waals surface area (Å²) in [7, 11) is 0. The van der Waals surface area contributed by atoms with Crippen LogP contribution in [0, 0.1) is 18.8 Å². The first-order chi connectivity index (χ1) is 25.8. The molecule has 0 unspecified atom stereocenters. The van der Waals surface area contributed by atoms with Crippen molar-refractivity contribution < 1.29 is 29.3 Å². The van der Waals surface area contributed by atoms with Crippen LogP contribution in [0.1, 0.15) is 66.3 Å². The number of anilines is 2. The van der Waals surface area contributed by atoms with Gasteiger partial charge in [0, 0.05) is 42.3 Å². The molecule has 288 valence electrons. The van der Waals surface area contributed by atoms with Gasteiger partial charge >= 0.3 is 11.9 Å². The summed E-state index contributed by atoms with van der Waals surface area (Å²) in [6, 6.07) is 19.4. The van der Waals surface area contributed by atoms with E-state index in [-0.39, 0.29) is 12.8 Å². The first-order valence-corrected chi connectivity index (χ1v) is 20.6. The molecule has 0 heterocycles. The lowest BCUT2D eigenvalue weighted by atomic mass is 10.1. The number of nitrogens with one attached hydrogen (secondary N) is 2. The molecular formula is C41H43Br2Cl3N2O6. The van der Waals surface area contributed by atoms with E-state index in [2.05, 4.69) is 73.7 Å². The smallest absolute Gasteiger partial charge is 0.303 e. The molecule has 13 heteroatoms. The van der Waals surface area contributed by atoms with Gasteiger partial charge in [-0.1, -0.05) is 40.9 Å². The number of carboxylic acids is 2. The third-order valence-electron chi connectivity index (χ3n) is 8.82. The summed E-state index contributed by atoms with van der Waals surface area (Å²) in [5.74, 6) is 1.04. The Kier molecular flexibility index (Phi) is 15.7. The molecule has 0 radical (unpaired) electrons. The Balaban J connectivity index is 0.000000208. The zero-order valence-electron chi connectivity index (χ0n) is 29.8. The van der Waals surface area contributed by atoms with Crippen molar-refractivity contribution in [3.05, 3.63) is 112 Å². The number of carboxylic acid groups (broad SMARTS) is 2. The maximum Gasteiger partial charge on any atom is 0.303 e. The molecule has 0 amide bonds. The van der Waals surface area contributed by atoms with Gasteiger partial charge < -0.3 is 30.3 Å². The number of aliphatic carboxylic acids is 2. The summed E-state index contributed by atoms with van der Waals surface area (Å²) in [5.41, 5.74) is 7.00.